The summed E-state index contributed by atoms with van der Waals surface area (Å²) in [6.07, 6.45) is 3.00. The van der Waals surface area contributed by atoms with Crippen LogP contribution in [0.4, 0.5) is 0 Å². The van der Waals surface area contributed by atoms with E-state index in [1.54, 1.807) is 17.7 Å². The molecule has 0 spiro atoms. The second-order valence-corrected chi connectivity index (χ2v) is 5.31. The summed E-state index contributed by atoms with van der Waals surface area (Å²) in [6.45, 7) is 6.66. The summed E-state index contributed by atoms with van der Waals surface area (Å²) < 4.78 is 12.5. The van der Waals surface area contributed by atoms with Crippen molar-refractivity contribution in [2.75, 3.05) is 6.61 Å². The summed E-state index contributed by atoms with van der Waals surface area (Å²) in [6, 6.07) is 11.9. The van der Waals surface area contributed by atoms with Crippen molar-refractivity contribution in [3.63, 3.8) is 0 Å². The minimum atomic E-state index is -0.377. The Kier molecular flexibility index (Phi) is 5.97. The van der Waals surface area contributed by atoms with Crippen LogP contribution in [0.25, 0.3) is 6.08 Å². The molecule has 122 valence electrons. The van der Waals surface area contributed by atoms with Gasteiger partial charge in [0.15, 0.2) is 0 Å². The normalized spacial score (nSPS) is 11.1. The fraction of sp³-hybridized carbons (Fsp3) is 0.333. The third-order valence-corrected chi connectivity index (χ3v) is 3.12. The van der Waals surface area contributed by atoms with Gasteiger partial charge in [-0.05, 0) is 32.4 Å². The van der Waals surface area contributed by atoms with Crippen molar-refractivity contribution in [3.05, 3.63) is 53.7 Å². The SMILES string of the molecule is CCOC(=O)/C=C/c1cc(OCc2ccccc2)n(C(C)C)n1. The Morgan fingerprint density at radius 2 is 2.04 bits per heavy atom. The Bertz CT molecular complexity index is 660. The molecule has 0 saturated carbocycles. The second-order valence-electron chi connectivity index (χ2n) is 5.31. The van der Waals surface area contributed by atoms with Gasteiger partial charge in [-0.2, -0.15) is 5.10 Å². The van der Waals surface area contributed by atoms with E-state index in [4.69, 9.17) is 9.47 Å². The minimum Gasteiger partial charge on any atom is -0.473 e. The molecule has 1 aromatic heterocycles. The van der Waals surface area contributed by atoms with E-state index in [-0.39, 0.29) is 12.0 Å². The molecule has 0 atom stereocenters. The number of esters is 1. The molecule has 5 nitrogen and oxygen atoms in total. The van der Waals surface area contributed by atoms with Crippen LogP contribution < -0.4 is 4.74 Å². The van der Waals surface area contributed by atoms with Crippen molar-refractivity contribution in [2.24, 2.45) is 0 Å². The molecule has 1 aromatic carbocycles. The van der Waals surface area contributed by atoms with Gasteiger partial charge in [-0.15, -0.1) is 0 Å². The van der Waals surface area contributed by atoms with Gasteiger partial charge in [-0.1, -0.05) is 30.3 Å². The molecule has 0 bridgehead atoms. The smallest absolute Gasteiger partial charge is 0.330 e. The Hall–Kier alpha value is -2.56. The van der Waals surface area contributed by atoms with Crippen LogP contribution in [0, 0.1) is 0 Å². The predicted molar refractivity (Wildman–Crippen MR) is 89.1 cm³/mol. The van der Waals surface area contributed by atoms with Gasteiger partial charge in [0, 0.05) is 12.1 Å². The predicted octanol–water partition coefficient (Wildman–Crippen LogP) is 3.62. The zero-order valence-corrected chi connectivity index (χ0v) is 13.7. The lowest BCUT2D eigenvalue weighted by Gasteiger charge is -2.11. The maximum Gasteiger partial charge on any atom is 0.330 e. The number of hydrogen-bond donors (Lipinski definition) is 0. The van der Waals surface area contributed by atoms with Gasteiger partial charge in [0.25, 0.3) is 0 Å². The highest BCUT2D eigenvalue weighted by Gasteiger charge is 2.11. The van der Waals surface area contributed by atoms with Crippen LogP contribution in [0.2, 0.25) is 0 Å². The van der Waals surface area contributed by atoms with E-state index >= 15 is 0 Å². The monoisotopic (exact) mass is 314 g/mol. The van der Waals surface area contributed by atoms with Gasteiger partial charge in [0.1, 0.15) is 6.61 Å². The molecule has 5 heteroatoms. The Morgan fingerprint density at radius 3 is 2.70 bits per heavy atom. The van der Waals surface area contributed by atoms with Crippen LogP contribution in [0.15, 0.2) is 42.5 Å². The molecule has 1 heterocycles. The van der Waals surface area contributed by atoms with E-state index in [0.717, 1.165) is 5.56 Å². The van der Waals surface area contributed by atoms with Gasteiger partial charge in [0.2, 0.25) is 5.88 Å². The maximum atomic E-state index is 11.4. The fourth-order valence-corrected chi connectivity index (χ4v) is 2.03. The van der Waals surface area contributed by atoms with Gasteiger partial charge in [0.05, 0.1) is 18.3 Å². The zero-order valence-electron chi connectivity index (χ0n) is 13.7. The molecule has 0 aliphatic heterocycles. The lowest BCUT2D eigenvalue weighted by Crippen LogP contribution is -2.07. The Morgan fingerprint density at radius 1 is 1.30 bits per heavy atom. The second kappa shape index (κ2) is 8.17. The summed E-state index contributed by atoms with van der Waals surface area (Å²) in [5.41, 5.74) is 1.75. The zero-order chi connectivity index (χ0) is 16.7. The third-order valence-electron chi connectivity index (χ3n) is 3.12. The van der Waals surface area contributed by atoms with Crippen molar-refractivity contribution in [2.45, 2.75) is 33.4 Å². The Balaban J connectivity index is 2.10. The molecule has 2 rings (SSSR count). The molecule has 0 radical (unpaired) electrons. The average molecular weight is 314 g/mol. The van der Waals surface area contributed by atoms with Gasteiger partial charge >= 0.3 is 5.97 Å². The molecular weight excluding hydrogens is 292 g/mol. The number of rotatable bonds is 7. The first-order valence-electron chi connectivity index (χ1n) is 7.71. The van der Waals surface area contributed by atoms with E-state index in [0.29, 0.717) is 24.8 Å². The first-order chi connectivity index (χ1) is 11.1. The topological polar surface area (TPSA) is 53.4 Å². The molecule has 0 saturated heterocycles. The maximum absolute atomic E-state index is 11.4. The van der Waals surface area contributed by atoms with E-state index < -0.39 is 0 Å². The van der Waals surface area contributed by atoms with Crippen LogP contribution in [-0.4, -0.2) is 22.4 Å². The molecule has 0 aliphatic carbocycles. The van der Waals surface area contributed by atoms with Crippen LogP contribution in [0.1, 0.15) is 38.1 Å². The van der Waals surface area contributed by atoms with Crippen LogP contribution in [0.3, 0.4) is 0 Å². The van der Waals surface area contributed by atoms with Crippen molar-refractivity contribution in [1.82, 2.24) is 9.78 Å². The molecule has 0 unspecified atom stereocenters. The lowest BCUT2D eigenvalue weighted by atomic mass is 10.2. The summed E-state index contributed by atoms with van der Waals surface area (Å²) in [7, 11) is 0. The standard InChI is InChI=1S/C18H22N2O3/c1-4-22-18(21)11-10-16-12-17(20(19-16)14(2)3)23-13-15-8-6-5-7-9-15/h5-12,14H,4,13H2,1-3H3/b11-10+. The molecule has 0 aliphatic rings. The molecular formula is C18H22N2O3. The van der Waals surface area contributed by atoms with E-state index in [9.17, 15) is 4.79 Å². The first-order valence-corrected chi connectivity index (χ1v) is 7.71. The van der Waals surface area contributed by atoms with Gasteiger partial charge in [-0.3, -0.25) is 0 Å². The first kappa shape index (κ1) is 16.8. The van der Waals surface area contributed by atoms with E-state index in [1.165, 1.54) is 6.08 Å². The number of ether oxygens (including phenoxy) is 2. The van der Waals surface area contributed by atoms with Gasteiger partial charge in [-0.25, -0.2) is 9.48 Å². The molecule has 0 fully saturated rings. The summed E-state index contributed by atoms with van der Waals surface area (Å²) in [5, 5.41) is 4.45. The lowest BCUT2D eigenvalue weighted by molar-refractivity contribution is -0.137. The molecule has 2 aromatic rings. The van der Waals surface area contributed by atoms with Gasteiger partial charge < -0.3 is 9.47 Å². The quantitative estimate of drug-likeness (QED) is 0.578. The van der Waals surface area contributed by atoms with Crippen molar-refractivity contribution < 1.29 is 14.3 Å². The highest BCUT2D eigenvalue weighted by Crippen LogP contribution is 2.21. The van der Waals surface area contributed by atoms with E-state index in [1.807, 2.05) is 50.2 Å². The van der Waals surface area contributed by atoms with Crippen LogP contribution >= 0.6 is 0 Å². The number of hydrogen-bond acceptors (Lipinski definition) is 4. The summed E-state index contributed by atoms with van der Waals surface area (Å²) in [4.78, 5) is 11.4. The van der Waals surface area contributed by atoms with Crippen molar-refractivity contribution in [1.29, 1.82) is 0 Å². The molecule has 0 amide bonds. The number of nitrogens with zero attached hydrogens (tertiary/aromatic N) is 2. The van der Waals surface area contributed by atoms with Crippen molar-refractivity contribution >= 4 is 12.0 Å². The fourth-order valence-electron chi connectivity index (χ4n) is 2.03. The highest BCUT2D eigenvalue weighted by atomic mass is 16.5. The number of carbonyl (C=O) groups is 1. The number of aromatic nitrogens is 2. The molecule has 0 N–H and O–H groups in total. The molecule has 23 heavy (non-hydrogen) atoms. The summed E-state index contributed by atoms with van der Waals surface area (Å²) >= 11 is 0. The number of carbonyl (C=O) groups excluding carboxylic acids is 1. The van der Waals surface area contributed by atoms with Crippen molar-refractivity contribution in [3.8, 4) is 5.88 Å². The number of benzene rings is 1. The summed E-state index contributed by atoms with van der Waals surface area (Å²) in [5.74, 6) is 0.297. The van der Waals surface area contributed by atoms with Crippen LogP contribution in [0.5, 0.6) is 5.88 Å². The Labute approximate surface area is 136 Å². The average Bonchev–Trinajstić information content (AvgIpc) is 2.96. The largest absolute Gasteiger partial charge is 0.473 e. The highest BCUT2D eigenvalue weighted by molar-refractivity contribution is 5.86. The third kappa shape index (κ3) is 4.98. The minimum absolute atomic E-state index is 0.158. The van der Waals surface area contributed by atoms with Crippen LogP contribution in [-0.2, 0) is 16.1 Å². The van der Waals surface area contributed by atoms with E-state index in [2.05, 4.69) is 5.10 Å².